The average Bonchev–Trinajstić information content (AvgIpc) is 2.71. The molecule has 29 heavy (non-hydrogen) atoms. The fourth-order valence-electron chi connectivity index (χ4n) is 3.07. The number of hydrogen-bond donors (Lipinski definition) is 0. The topological polar surface area (TPSA) is 72.9 Å². The molecule has 0 saturated heterocycles. The summed E-state index contributed by atoms with van der Waals surface area (Å²) in [5, 5.41) is 0. The molecule has 156 valence electrons. The second-order valence-electron chi connectivity index (χ2n) is 6.80. The molecule has 0 N–H and O–H groups in total. The van der Waals surface area contributed by atoms with E-state index in [-0.39, 0.29) is 16.8 Å². The van der Waals surface area contributed by atoms with Gasteiger partial charge in [-0.25, -0.2) is 8.42 Å². The molecule has 0 aliphatic rings. The van der Waals surface area contributed by atoms with Crippen molar-refractivity contribution in [2.75, 3.05) is 27.5 Å². The molecule has 0 spiro atoms. The van der Waals surface area contributed by atoms with Crippen molar-refractivity contribution in [2.45, 2.75) is 24.3 Å². The first kappa shape index (κ1) is 22.5. The second kappa shape index (κ2) is 9.13. The van der Waals surface area contributed by atoms with Gasteiger partial charge < -0.3 is 14.4 Å². The number of hydrogen-bond acceptors (Lipinski definition) is 5. The highest BCUT2D eigenvalue weighted by Gasteiger charge is 2.22. The number of sulfone groups is 1. The number of nitrogens with zero attached hydrogens (tertiary/aromatic N) is 1. The molecule has 2 aromatic rings. The van der Waals surface area contributed by atoms with Crippen molar-refractivity contribution >= 4 is 15.7 Å². The standard InChI is InChI=1S/C22H27NO5S/c1-7-8-17-13-18(14-20(27-4)21(17)28-5)22(24)23(3)15(2)16-9-11-19(12-10-16)29(6,25)26/h7,9-15H,1,8H2,2-6H3. The Labute approximate surface area is 172 Å². The zero-order valence-corrected chi connectivity index (χ0v) is 18.2. The van der Waals surface area contributed by atoms with E-state index < -0.39 is 9.84 Å². The van der Waals surface area contributed by atoms with Gasteiger partial charge in [-0.05, 0) is 43.2 Å². The van der Waals surface area contributed by atoms with Gasteiger partial charge in [0.2, 0.25) is 0 Å². The predicted molar refractivity (Wildman–Crippen MR) is 114 cm³/mol. The Morgan fingerprint density at radius 3 is 2.28 bits per heavy atom. The summed E-state index contributed by atoms with van der Waals surface area (Å²) in [7, 11) is 1.53. The Balaban J connectivity index is 2.35. The molecule has 0 saturated carbocycles. The van der Waals surface area contributed by atoms with Crippen LogP contribution in [-0.4, -0.2) is 46.7 Å². The van der Waals surface area contributed by atoms with Crippen LogP contribution in [0.5, 0.6) is 11.5 Å². The van der Waals surface area contributed by atoms with Gasteiger partial charge in [-0.1, -0.05) is 18.2 Å². The third kappa shape index (κ3) is 4.98. The van der Waals surface area contributed by atoms with E-state index in [0.29, 0.717) is 23.5 Å². The Morgan fingerprint density at radius 1 is 1.17 bits per heavy atom. The molecule has 0 bridgehead atoms. The fraction of sp³-hybridized carbons (Fsp3) is 0.318. The molecule has 2 rings (SSSR count). The third-order valence-corrected chi connectivity index (χ3v) is 5.99. The third-order valence-electron chi connectivity index (χ3n) is 4.86. The molecule has 0 aliphatic carbocycles. The van der Waals surface area contributed by atoms with Crippen LogP contribution < -0.4 is 9.47 Å². The highest BCUT2D eigenvalue weighted by molar-refractivity contribution is 7.90. The van der Waals surface area contributed by atoms with Crippen LogP contribution in [0.15, 0.2) is 53.9 Å². The van der Waals surface area contributed by atoms with Crippen molar-refractivity contribution in [2.24, 2.45) is 0 Å². The number of ether oxygens (including phenoxy) is 2. The summed E-state index contributed by atoms with van der Waals surface area (Å²) >= 11 is 0. The van der Waals surface area contributed by atoms with E-state index in [2.05, 4.69) is 6.58 Å². The van der Waals surface area contributed by atoms with E-state index in [4.69, 9.17) is 9.47 Å². The molecule has 0 aliphatic heterocycles. The monoisotopic (exact) mass is 417 g/mol. The van der Waals surface area contributed by atoms with Gasteiger partial charge in [0.1, 0.15) is 0 Å². The van der Waals surface area contributed by atoms with Crippen LogP contribution in [0.1, 0.15) is 34.5 Å². The summed E-state index contributed by atoms with van der Waals surface area (Å²) in [5.41, 5.74) is 2.12. The smallest absolute Gasteiger partial charge is 0.254 e. The zero-order valence-electron chi connectivity index (χ0n) is 17.4. The van der Waals surface area contributed by atoms with Crippen molar-refractivity contribution in [1.82, 2.24) is 4.90 Å². The van der Waals surface area contributed by atoms with Crippen molar-refractivity contribution in [3.8, 4) is 11.5 Å². The summed E-state index contributed by atoms with van der Waals surface area (Å²) in [6.45, 7) is 5.64. The minimum Gasteiger partial charge on any atom is -0.493 e. The molecule has 0 aromatic heterocycles. The van der Waals surface area contributed by atoms with E-state index in [1.165, 1.54) is 13.4 Å². The predicted octanol–water partition coefficient (Wildman–Crippen LogP) is 3.67. The number of methoxy groups -OCH3 is 2. The van der Waals surface area contributed by atoms with E-state index in [1.807, 2.05) is 6.92 Å². The normalized spacial score (nSPS) is 12.2. The number of rotatable bonds is 8. The number of amides is 1. The van der Waals surface area contributed by atoms with E-state index in [9.17, 15) is 13.2 Å². The lowest BCUT2D eigenvalue weighted by Gasteiger charge is -2.26. The number of benzene rings is 2. The molecule has 0 heterocycles. The van der Waals surface area contributed by atoms with Gasteiger partial charge in [0.25, 0.3) is 5.91 Å². The zero-order chi connectivity index (χ0) is 21.8. The minimum absolute atomic E-state index is 0.184. The van der Waals surface area contributed by atoms with Gasteiger partial charge >= 0.3 is 0 Å². The Hall–Kier alpha value is -2.80. The maximum Gasteiger partial charge on any atom is 0.254 e. The van der Waals surface area contributed by atoms with E-state index in [1.54, 1.807) is 61.5 Å². The lowest BCUT2D eigenvalue weighted by molar-refractivity contribution is 0.0742. The molecule has 0 radical (unpaired) electrons. The van der Waals surface area contributed by atoms with Gasteiger partial charge in [-0.15, -0.1) is 6.58 Å². The molecular formula is C22H27NO5S. The summed E-state index contributed by atoms with van der Waals surface area (Å²) in [4.78, 5) is 15.0. The van der Waals surface area contributed by atoms with Gasteiger partial charge in [0.05, 0.1) is 25.2 Å². The molecule has 1 atom stereocenters. The van der Waals surface area contributed by atoms with Crippen molar-refractivity contribution in [3.05, 3.63) is 65.7 Å². The van der Waals surface area contributed by atoms with Crippen LogP contribution in [0.3, 0.4) is 0 Å². The average molecular weight is 418 g/mol. The first-order valence-electron chi connectivity index (χ1n) is 9.07. The molecule has 2 aromatic carbocycles. The molecule has 0 fully saturated rings. The highest BCUT2D eigenvalue weighted by atomic mass is 32.2. The largest absolute Gasteiger partial charge is 0.493 e. The van der Waals surface area contributed by atoms with Crippen LogP contribution in [0.4, 0.5) is 0 Å². The van der Waals surface area contributed by atoms with Crippen LogP contribution in [-0.2, 0) is 16.3 Å². The molecule has 1 unspecified atom stereocenters. The highest BCUT2D eigenvalue weighted by Crippen LogP contribution is 2.34. The molecule has 1 amide bonds. The van der Waals surface area contributed by atoms with Crippen LogP contribution in [0.2, 0.25) is 0 Å². The first-order chi connectivity index (χ1) is 13.6. The number of carbonyl (C=O) groups excluding carboxylic acids is 1. The summed E-state index contributed by atoms with van der Waals surface area (Å²) < 4.78 is 34.1. The van der Waals surface area contributed by atoms with Crippen molar-refractivity contribution in [1.29, 1.82) is 0 Å². The number of carbonyl (C=O) groups is 1. The van der Waals surface area contributed by atoms with Gasteiger partial charge in [0.15, 0.2) is 21.3 Å². The SMILES string of the molecule is C=CCc1cc(C(=O)N(C)C(C)c2ccc(S(C)(=O)=O)cc2)cc(OC)c1OC. The van der Waals surface area contributed by atoms with E-state index >= 15 is 0 Å². The van der Waals surface area contributed by atoms with Crippen LogP contribution in [0.25, 0.3) is 0 Å². The molecular weight excluding hydrogens is 390 g/mol. The van der Waals surface area contributed by atoms with E-state index in [0.717, 1.165) is 11.1 Å². The van der Waals surface area contributed by atoms with Crippen molar-refractivity contribution < 1.29 is 22.7 Å². The first-order valence-corrected chi connectivity index (χ1v) is 11.0. The van der Waals surface area contributed by atoms with Crippen LogP contribution in [0, 0.1) is 0 Å². The molecule has 7 heteroatoms. The fourth-order valence-corrected chi connectivity index (χ4v) is 3.70. The lowest BCUT2D eigenvalue weighted by atomic mass is 10.0. The van der Waals surface area contributed by atoms with Gasteiger partial charge in [-0.2, -0.15) is 0 Å². The van der Waals surface area contributed by atoms with Crippen LogP contribution >= 0.6 is 0 Å². The summed E-state index contributed by atoms with van der Waals surface area (Å²) in [5.74, 6) is 0.876. The van der Waals surface area contributed by atoms with Gasteiger partial charge in [0, 0.05) is 24.4 Å². The maximum atomic E-state index is 13.1. The van der Waals surface area contributed by atoms with Gasteiger partial charge in [-0.3, -0.25) is 4.79 Å². The lowest BCUT2D eigenvalue weighted by Crippen LogP contribution is -2.29. The quantitative estimate of drug-likeness (QED) is 0.613. The number of allylic oxidation sites excluding steroid dienone is 1. The minimum atomic E-state index is -3.26. The summed E-state index contributed by atoms with van der Waals surface area (Å²) in [6.07, 6.45) is 3.44. The molecule has 6 nitrogen and oxygen atoms in total. The maximum absolute atomic E-state index is 13.1. The van der Waals surface area contributed by atoms with Crippen molar-refractivity contribution in [3.63, 3.8) is 0 Å². The second-order valence-corrected chi connectivity index (χ2v) is 8.81. The Kier molecular flexibility index (Phi) is 7.08. The Bertz CT molecular complexity index is 997. The summed E-state index contributed by atoms with van der Waals surface area (Å²) in [6, 6.07) is 9.74. The Morgan fingerprint density at radius 2 is 1.79 bits per heavy atom.